The lowest BCUT2D eigenvalue weighted by atomic mass is 10.0. The summed E-state index contributed by atoms with van der Waals surface area (Å²) in [5.74, 6) is 3.02. The van der Waals surface area contributed by atoms with Crippen LogP contribution in [0.2, 0.25) is 0 Å². The van der Waals surface area contributed by atoms with E-state index in [2.05, 4.69) is 5.92 Å². The summed E-state index contributed by atoms with van der Waals surface area (Å²) in [6.07, 6.45) is 5.13. The quantitative estimate of drug-likeness (QED) is 0.595. The Balaban J connectivity index is 0.00000127. The highest BCUT2D eigenvalue weighted by molar-refractivity contribution is 6.09. The highest BCUT2D eigenvalue weighted by Gasteiger charge is 2.09. The molecule has 3 heteroatoms. The van der Waals surface area contributed by atoms with E-state index in [4.69, 9.17) is 15.9 Å². The van der Waals surface area contributed by atoms with Crippen LogP contribution in [0.25, 0.3) is 0 Å². The average Bonchev–Trinajstić information content (AvgIpc) is 2.62. The maximum atomic E-state index is 12.3. The molecule has 0 amide bonds. The molecule has 0 aliphatic carbocycles. The fraction of sp³-hybridized carbons (Fsp3) is 0.250. The van der Waals surface area contributed by atoms with Crippen molar-refractivity contribution in [2.24, 2.45) is 0 Å². The minimum atomic E-state index is -0.0255. The van der Waals surface area contributed by atoms with Gasteiger partial charge < -0.3 is 9.47 Å². The molecule has 120 valence electrons. The van der Waals surface area contributed by atoms with Crippen molar-refractivity contribution in [1.82, 2.24) is 0 Å². The van der Waals surface area contributed by atoms with Crippen molar-refractivity contribution in [3.63, 3.8) is 0 Å². The van der Waals surface area contributed by atoms with Gasteiger partial charge in [0.15, 0.2) is 5.78 Å². The Morgan fingerprint density at radius 3 is 2.00 bits per heavy atom. The largest absolute Gasteiger partial charge is 0.481 e. The molecule has 3 nitrogen and oxygen atoms in total. The standard InChI is InChI=1S/C18H16O3.C2H6/c1-3-12-21-17-10-8-16(9-11-17)18(19)15-6-4-14(5-7-15)13-20-2;1-2/h1,4-11H,12-13H2,2H3;1-2H3. The third-order valence-electron chi connectivity index (χ3n) is 2.97. The van der Waals surface area contributed by atoms with Crippen LogP contribution in [0.15, 0.2) is 48.5 Å². The zero-order valence-corrected chi connectivity index (χ0v) is 13.8. The molecule has 0 saturated carbocycles. The molecule has 0 fully saturated rings. The summed E-state index contributed by atoms with van der Waals surface area (Å²) in [7, 11) is 1.64. The van der Waals surface area contributed by atoms with Crippen molar-refractivity contribution in [2.75, 3.05) is 13.7 Å². The predicted octanol–water partition coefficient (Wildman–Crippen LogP) is 4.10. The second kappa shape index (κ2) is 10.2. The monoisotopic (exact) mass is 310 g/mol. The van der Waals surface area contributed by atoms with Gasteiger partial charge in [0.1, 0.15) is 12.4 Å². The predicted molar refractivity (Wildman–Crippen MR) is 92.7 cm³/mol. The first-order valence-corrected chi connectivity index (χ1v) is 7.53. The lowest BCUT2D eigenvalue weighted by Crippen LogP contribution is -2.02. The number of rotatable bonds is 6. The molecule has 0 unspecified atom stereocenters. The molecule has 2 aromatic rings. The van der Waals surface area contributed by atoms with E-state index in [1.807, 2.05) is 26.0 Å². The summed E-state index contributed by atoms with van der Waals surface area (Å²) in [6, 6.07) is 14.3. The van der Waals surface area contributed by atoms with E-state index >= 15 is 0 Å². The van der Waals surface area contributed by atoms with Gasteiger partial charge in [0.2, 0.25) is 0 Å². The van der Waals surface area contributed by atoms with E-state index < -0.39 is 0 Å². The zero-order valence-electron chi connectivity index (χ0n) is 13.8. The third-order valence-corrected chi connectivity index (χ3v) is 2.97. The second-order valence-electron chi connectivity index (χ2n) is 4.48. The minimum Gasteiger partial charge on any atom is -0.481 e. The normalized spacial score (nSPS) is 9.30. The number of ether oxygens (including phenoxy) is 2. The molecule has 0 spiro atoms. The van der Waals surface area contributed by atoms with Crippen LogP contribution < -0.4 is 4.74 Å². The van der Waals surface area contributed by atoms with E-state index in [0.717, 1.165) is 5.56 Å². The lowest BCUT2D eigenvalue weighted by Gasteiger charge is -2.05. The number of carbonyl (C=O) groups excluding carboxylic acids is 1. The Morgan fingerprint density at radius 1 is 1.00 bits per heavy atom. The molecule has 2 rings (SSSR count). The molecular weight excluding hydrogens is 288 g/mol. The van der Waals surface area contributed by atoms with Crippen molar-refractivity contribution >= 4 is 5.78 Å². The van der Waals surface area contributed by atoms with Crippen molar-refractivity contribution < 1.29 is 14.3 Å². The highest BCUT2D eigenvalue weighted by Crippen LogP contribution is 2.16. The molecule has 0 bridgehead atoms. The van der Waals surface area contributed by atoms with E-state index in [-0.39, 0.29) is 12.4 Å². The lowest BCUT2D eigenvalue weighted by molar-refractivity contribution is 0.103. The van der Waals surface area contributed by atoms with Gasteiger partial charge in [-0.25, -0.2) is 0 Å². The van der Waals surface area contributed by atoms with Crippen LogP contribution in [0.3, 0.4) is 0 Å². The molecule has 23 heavy (non-hydrogen) atoms. The number of carbonyl (C=O) groups is 1. The summed E-state index contributed by atoms with van der Waals surface area (Å²) in [5, 5.41) is 0. The summed E-state index contributed by atoms with van der Waals surface area (Å²) in [5.41, 5.74) is 2.29. The molecule has 0 saturated heterocycles. The third kappa shape index (κ3) is 5.61. The van der Waals surface area contributed by atoms with Crippen LogP contribution in [-0.2, 0) is 11.3 Å². The molecule has 2 aromatic carbocycles. The maximum absolute atomic E-state index is 12.3. The number of terminal acetylenes is 1. The number of hydrogen-bond donors (Lipinski definition) is 0. The molecule has 0 aromatic heterocycles. The van der Waals surface area contributed by atoms with Gasteiger partial charge in [-0.15, -0.1) is 6.42 Å². The molecule has 0 N–H and O–H groups in total. The van der Waals surface area contributed by atoms with Gasteiger partial charge in [0.25, 0.3) is 0 Å². The van der Waals surface area contributed by atoms with Gasteiger partial charge in [0.05, 0.1) is 6.61 Å². The molecule has 0 aliphatic rings. The number of ketones is 1. The number of benzene rings is 2. The molecular formula is C20H22O3. The van der Waals surface area contributed by atoms with E-state index in [1.165, 1.54) is 0 Å². The van der Waals surface area contributed by atoms with Crippen molar-refractivity contribution in [3.05, 3.63) is 65.2 Å². The molecule has 0 heterocycles. The Labute approximate surface area is 138 Å². The fourth-order valence-electron chi connectivity index (χ4n) is 1.91. The Hall–Kier alpha value is -2.57. The van der Waals surface area contributed by atoms with Crippen LogP contribution in [0.5, 0.6) is 5.75 Å². The zero-order chi connectivity index (χ0) is 17.1. The first kappa shape index (κ1) is 18.5. The molecule has 0 radical (unpaired) electrons. The first-order chi connectivity index (χ1) is 11.2. The van der Waals surface area contributed by atoms with E-state index in [1.54, 1.807) is 43.5 Å². The van der Waals surface area contributed by atoms with Gasteiger partial charge in [-0.1, -0.05) is 44.0 Å². The maximum Gasteiger partial charge on any atom is 0.193 e. The van der Waals surface area contributed by atoms with Gasteiger partial charge in [-0.2, -0.15) is 0 Å². The molecule has 0 aliphatic heterocycles. The number of hydrogen-bond acceptors (Lipinski definition) is 3. The van der Waals surface area contributed by atoms with Gasteiger partial charge in [-0.3, -0.25) is 4.79 Å². The van der Waals surface area contributed by atoms with Gasteiger partial charge >= 0.3 is 0 Å². The van der Waals surface area contributed by atoms with Crippen LogP contribution >= 0.6 is 0 Å². The second-order valence-corrected chi connectivity index (χ2v) is 4.48. The van der Waals surface area contributed by atoms with Crippen molar-refractivity contribution in [2.45, 2.75) is 20.5 Å². The highest BCUT2D eigenvalue weighted by atomic mass is 16.5. The fourth-order valence-corrected chi connectivity index (χ4v) is 1.91. The van der Waals surface area contributed by atoms with Crippen LogP contribution in [0.4, 0.5) is 0 Å². The van der Waals surface area contributed by atoms with E-state index in [9.17, 15) is 4.79 Å². The molecule has 0 atom stereocenters. The summed E-state index contributed by atoms with van der Waals surface area (Å²) in [4.78, 5) is 12.3. The topological polar surface area (TPSA) is 35.5 Å². The smallest absolute Gasteiger partial charge is 0.193 e. The Morgan fingerprint density at radius 2 is 1.52 bits per heavy atom. The van der Waals surface area contributed by atoms with Gasteiger partial charge in [-0.05, 0) is 29.8 Å². The first-order valence-electron chi connectivity index (χ1n) is 7.53. The number of methoxy groups -OCH3 is 1. The average molecular weight is 310 g/mol. The summed E-state index contributed by atoms with van der Waals surface area (Å²) >= 11 is 0. The van der Waals surface area contributed by atoms with Crippen LogP contribution in [-0.4, -0.2) is 19.5 Å². The van der Waals surface area contributed by atoms with Crippen LogP contribution in [0, 0.1) is 12.3 Å². The SMILES string of the molecule is C#CCOc1ccc(C(=O)c2ccc(COC)cc2)cc1.CC. The Kier molecular flexibility index (Phi) is 8.20. The van der Waals surface area contributed by atoms with Crippen molar-refractivity contribution in [3.8, 4) is 18.1 Å². The van der Waals surface area contributed by atoms with E-state index in [0.29, 0.717) is 23.5 Å². The Bertz CT molecular complexity index is 634. The van der Waals surface area contributed by atoms with Crippen molar-refractivity contribution in [1.29, 1.82) is 0 Å². The summed E-state index contributed by atoms with van der Waals surface area (Å²) < 4.78 is 10.3. The van der Waals surface area contributed by atoms with Gasteiger partial charge in [0, 0.05) is 18.2 Å². The summed E-state index contributed by atoms with van der Waals surface area (Å²) in [6.45, 7) is 4.75. The van der Waals surface area contributed by atoms with Crippen LogP contribution in [0.1, 0.15) is 35.3 Å². The minimum absolute atomic E-state index is 0.0255.